The molecule has 0 aliphatic carbocycles. The van der Waals surface area contributed by atoms with Crippen molar-refractivity contribution in [1.29, 1.82) is 0 Å². The number of nitrogens with zero attached hydrogens (tertiary/aromatic N) is 2. The Morgan fingerprint density at radius 2 is 1.93 bits per heavy atom. The van der Waals surface area contributed by atoms with Gasteiger partial charge in [0.1, 0.15) is 0 Å². The first-order chi connectivity index (χ1) is 13.3. The Kier molecular flexibility index (Phi) is 6.30. The number of carbonyl (C=O) groups excluding carboxylic acids is 1. The molecule has 1 aliphatic heterocycles. The summed E-state index contributed by atoms with van der Waals surface area (Å²) in [5.41, 5.74) is 0.868. The van der Waals surface area contributed by atoms with Crippen molar-refractivity contribution in [3.8, 4) is 0 Å². The number of benzene rings is 2. The number of halogens is 1. The summed E-state index contributed by atoms with van der Waals surface area (Å²) >= 11 is 5.99. The fourth-order valence-corrected chi connectivity index (χ4v) is 5.03. The van der Waals surface area contributed by atoms with Crippen molar-refractivity contribution in [3.63, 3.8) is 0 Å². The molecule has 2 aromatic rings. The highest BCUT2D eigenvalue weighted by molar-refractivity contribution is 7.92. The zero-order valence-electron chi connectivity index (χ0n) is 16.1. The number of hydrogen-bond donors (Lipinski definition) is 0. The van der Waals surface area contributed by atoms with Crippen LogP contribution in [0.2, 0.25) is 5.02 Å². The van der Waals surface area contributed by atoms with Crippen molar-refractivity contribution in [2.75, 3.05) is 17.9 Å². The molecule has 1 unspecified atom stereocenters. The summed E-state index contributed by atoms with van der Waals surface area (Å²) in [6.07, 6.45) is 4.01. The van der Waals surface area contributed by atoms with Crippen LogP contribution in [0.4, 0.5) is 5.69 Å². The summed E-state index contributed by atoms with van der Waals surface area (Å²) in [4.78, 5) is 15.0. The van der Waals surface area contributed by atoms with Gasteiger partial charge in [0.15, 0.2) is 0 Å². The Hall–Kier alpha value is -2.05. The minimum atomic E-state index is -3.81. The van der Waals surface area contributed by atoms with Crippen molar-refractivity contribution >= 4 is 33.2 Å². The standard InChI is InChI=1S/C21H25ClN2O3S/c1-3-18-10-4-5-13-24(18)21(25)16-8-6-12-20(14-16)28(26,27)23(2)19-11-7-9-17(22)15-19/h6-9,11-12,14-15,18H,3-5,10,13H2,1-2H3. The van der Waals surface area contributed by atoms with Crippen LogP contribution in [-0.2, 0) is 10.0 Å². The van der Waals surface area contributed by atoms with Crippen LogP contribution < -0.4 is 4.31 Å². The number of anilines is 1. The molecule has 1 fully saturated rings. The van der Waals surface area contributed by atoms with E-state index in [2.05, 4.69) is 6.92 Å². The highest BCUT2D eigenvalue weighted by Crippen LogP contribution is 2.26. The second kappa shape index (κ2) is 8.53. The molecule has 7 heteroatoms. The van der Waals surface area contributed by atoms with Crippen molar-refractivity contribution in [2.45, 2.75) is 43.5 Å². The van der Waals surface area contributed by atoms with Crippen LogP contribution in [0.15, 0.2) is 53.4 Å². The van der Waals surface area contributed by atoms with E-state index in [0.717, 1.165) is 32.2 Å². The van der Waals surface area contributed by atoms with E-state index in [4.69, 9.17) is 11.6 Å². The molecule has 1 aliphatic rings. The molecule has 1 heterocycles. The molecule has 150 valence electrons. The molecule has 0 radical (unpaired) electrons. The second-order valence-corrected chi connectivity index (χ2v) is 9.44. The highest BCUT2D eigenvalue weighted by atomic mass is 35.5. The van der Waals surface area contributed by atoms with Crippen molar-refractivity contribution in [2.24, 2.45) is 0 Å². The van der Waals surface area contributed by atoms with E-state index < -0.39 is 10.0 Å². The van der Waals surface area contributed by atoms with Gasteiger partial charge in [0.2, 0.25) is 0 Å². The van der Waals surface area contributed by atoms with E-state index in [1.54, 1.807) is 36.4 Å². The molecule has 1 atom stereocenters. The summed E-state index contributed by atoms with van der Waals surface area (Å²) in [6, 6.07) is 13.2. The van der Waals surface area contributed by atoms with Gasteiger partial charge in [-0.15, -0.1) is 0 Å². The molecule has 0 spiro atoms. The van der Waals surface area contributed by atoms with Crippen LogP contribution in [0.25, 0.3) is 0 Å². The van der Waals surface area contributed by atoms with Gasteiger partial charge in [-0.1, -0.05) is 30.7 Å². The van der Waals surface area contributed by atoms with E-state index in [0.29, 0.717) is 16.3 Å². The SMILES string of the molecule is CCC1CCCCN1C(=O)c1cccc(S(=O)(=O)N(C)c2cccc(Cl)c2)c1. The third kappa shape index (κ3) is 4.18. The summed E-state index contributed by atoms with van der Waals surface area (Å²) < 4.78 is 27.3. The smallest absolute Gasteiger partial charge is 0.264 e. The van der Waals surface area contributed by atoms with Gasteiger partial charge in [-0.25, -0.2) is 8.42 Å². The minimum Gasteiger partial charge on any atom is -0.336 e. The van der Waals surface area contributed by atoms with Crippen LogP contribution in [0, 0.1) is 0 Å². The molecule has 5 nitrogen and oxygen atoms in total. The van der Waals surface area contributed by atoms with Gasteiger partial charge in [0, 0.05) is 30.2 Å². The van der Waals surface area contributed by atoms with Crippen molar-refractivity contribution in [1.82, 2.24) is 4.90 Å². The Labute approximate surface area is 172 Å². The van der Waals surface area contributed by atoms with Crippen LogP contribution in [0.1, 0.15) is 43.0 Å². The average molecular weight is 421 g/mol. The first-order valence-corrected chi connectivity index (χ1v) is 11.3. The number of rotatable bonds is 5. The fraction of sp³-hybridized carbons (Fsp3) is 0.381. The summed E-state index contributed by atoms with van der Waals surface area (Å²) in [7, 11) is -2.33. The van der Waals surface area contributed by atoms with Crippen molar-refractivity contribution < 1.29 is 13.2 Å². The van der Waals surface area contributed by atoms with Gasteiger partial charge >= 0.3 is 0 Å². The monoisotopic (exact) mass is 420 g/mol. The number of sulfonamides is 1. The third-order valence-electron chi connectivity index (χ3n) is 5.27. The maximum Gasteiger partial charge on any atom is 0.264 e. The van der Waals surface area contributed by atoms with Gasteiger partial charge in [-0.2, -0.15) is 0 Å². The molecular weight excluding hydrogens is 396 g/mol. The van der Waals surface area contributed by atoms with Crippen molar-refractivity contribution in [3.05, 3.63) is 59.1 Å². The normalized spacial score (nSPS) is 17.4. The maximum absolute atomic E-state index is 13.1. The Morgan fingerprint density at radius 1 is 1.18 bits per heavy atom. The van der Waals surface area contributed by atoms with Crippen LogP contribution in [0.3, 0.4) is 0 Å². The van der Waals surface area contributed by atoms with Gasteiger partial charge in [0.05, 0.1) is 10.6 Å². The molecule has 0 saturated carbocycles. The van der Waals surface area contributed by atoms with Crippen LogP contribution in [0.5, 0.6) is 0 Å². The Bertz CT molecular complexity index is 962. The van der Waals surface area contributed by atoms with E-state index in [9.17, 15) is 13.2 Å². The molecular formula is C21H25ClN2O3S. The first kappa shape index (κ1) is 20.7. The van der Waals surface area contributed by atoms with Crippen LogP contribution >= 0.6 is 11.6 Å². The molecule has 28 heavy (non-hydrogen) atoms. The highest BCUT2D eigenvalue weighted by Gasteiger charge is 2.28. The topological polar surface area (TPSA) is 57.7 Å². The number of piperidine rings is 1. The Balaban J connectivity index is 1.90. The summed E-state index contributed by atoms with van der Waals surface area (Å²) in [6.45, 7) is 2.80. The maximum atomic E-state index is 13.1. The quantitative estimate of drug-likeness (QED) is 0.711. The Morgan fingerprint density at radius 3 is 2.64 bits per heavy atom. The lowest BCUT2D eigenvalue weighted by Gasteiger charge is -2.35. The number of carbonyl (C=O) groups is 1. The zero-order chi connectivity index (χ0) is 20.3. The van der Waals surface area contributed by atoms with Gasteiger partial charge < -0.3 is 4.90 Å². The zero-order valence-corrected chi connectivity index (χ0v) is 17.7. The summed E-state index contributed by atoms with van der Waals surface area (Å²) in [5, 5.41) is 0.458. The average Bonchev–Trinajstić information content (AvgIpc) is 2.72. The molecule has 0 bridgehead atoms. The molecule has 2 aromatic carbocycles. The predicted octanol–water partition coefficient (Wildman–Crippen LogP) is 4.57. The van der Waals surface area contributed by atoms with E-state index in [-0.39, 0.29) is 16.8 Å². The predicted molar refractivity (Wildman–Crippen MR) is 112 cm³/mol. The lowest BCUT2D eigenvalue weighted by atomic mass is 9.99. The fourth-order valence-electron chi connectivity index (χ4n) is 3.62. The minimum absolute atomic E-state index is 0.0888. The third-order valence-corrected chi connectivity index (χ3v) is 7.29. The first-order valence-electron chi connectivity index (χ1n) is 9.50. The van der Waals surface area contributed by atoms with Crippen LogP contribution in [-0.4, -0.2) is 38.9 Å². The van der Waals surface area contributed by atoms with Gasteiger partial charge in [0.25, 0.3) is 15.9 Å². The second-order valence-electron chi connectivity index (χ2n) is 7.04. The lowest BCUT2D eigenvalue weighted by Crippen LogP contribution is -2.43. The van der Waals surface area contributed by atoms with Gasteiger partial charge in [-0.05, 0) is 62.1 Å². The number of amides is 1. The largest absolute Gasteiger partial charge is 0.336 e. The number of likely N-dealkylation sites (tertiary alicyclic amines) is 1. The molecule has 1 amide bonds. The van der Waals surface area contributed by atoms with E-state index >= 15 is 0 Å². The van der Waals surface area contributed by atoms with Gasteiger partial charge in [-0.3, -0.25) is 9.10 Å². The number of hydrogen-bond acceptors (Lipinski definition) is 3. The summed E-state index contributed by atoms with van der Waals surface area (Å²) in [5.74, 6) is -0.103. The molecule has 0 aromatic heterocycles. The molecule has 1 saturated heterocycles. The van der Waals surface area contributed by atoms with E-state index in [1.807, 2.05) is 4.90 Å². The molecule has 0 N–H and O–H groups in total. The lowest BCUT2D eigenvalue weighted by molar-refractivity contribution is 0.0608. The van der Waals surface area contributed by atoms with E-state index in [1.165, 1.54) is 23.5 Å². The molecule has 3 rings (SSSR count).